The van der Waals surface area contributed by atoms with Gasteiger partial charge in [-0.3, -0.25) is 9.59 Å². The van der Waals surface area contributed by atoms with Crippen molar-refractivity contribution in [1.29, 1.82) is 0 Å². The number of carboxylic acid groups (broad SMARTS) is 1. The van der Waals surface area contributed by atoms with Crippen molar-refractivity contribution in [3.63, 3.8) is 0 Å². The molecule has 1 aromatic rings. The second-order valence-electron chi connectivity index (χ2n) is 6.79. The highest BCUT2D eigenvalue weighted by Gasteiger charge is 2.36. The highest BCUT2D eigenvalue weighted by Crippen LogP contribution is 2.28. The number of piperidine rings is 1. The molecule has 1 fully saturated rings. The van der Waals surface area contributed by atoms with Gasteiger partial charge in [0.1, 0.15) is 10.6 Å². The number of hydrogen-bond acceptors (Lipinski definition) is 6. The fourth-order valence-corrected chi connectivity index (χ4v) is 4.97. The van der Waals surface area contributed by atoms with Crippen molar-refractivity contribution in [2.45, 2.75) is 38.5 Å². The topological polar surface area (TPSA) is 121 Å². The summed E-state index contributed by atoms with van der Waals surface area (Å²) in [6.45, 7) is 5.27. The van der Waals surface area contributed by atoms with Crippen molar-refractivity contribution in [3.05, 3.63) is 11.5 Å². The number of sulfonamides is 1. The molecule has 26 heavy (non-hydrogen) atoms. The van der Waals surface area contributed by atoms with E-state index in [0.717, 1.165) is 0 Å². The molecule has 1 aliphatic heterocycles. The molecule has 10 heteroatoms. The van der Waals surface area contributed by atoms with E-state index in [1.54, 1.807) is 27.8 Å². The number of aryl methyl sites for hydroxylation is 2. The van der Waals surface area contributed by atoms with Gasteiger partial charge >= 0.3 is 5.97 Å². The molecule has 0 aliphatic carbocycles. The van der Waals surface area contributed by atoms with Crippen LogP contribution in [0.2, 0.25) is 0 Å². The summed E-state index contributed by atoms with van der Waals surface area (Å²) in [4.78, 5) is 24.9. The van der Waals surface area contributed by atoms with Gasteiger partial charge in [-0.25, -0.2) is 8.42 Å². The minimum Gasteiger partial charge on any atom is -0.481 e. The first-order valence-electron chi connectivity index (χ1n) is 8.46. The van der Waals surface area contributed by atoms with Crippen molar-refractivity contribution in [2.75, 3.05) is 26.7 Å². The van der Waals surface area contributed by atoms with Crippen LogP contribution in [0, 0.1) is 25.7 Å². The molecule has 0 saturated carbocycles. The Kier molecular flexibility index (Phi) is 6.07. The Bertz CT molecular complexity index is 760. The van der Waals surface area contributed by atoms with E-state index in [4.69, 9.17) is 9.63 Å². The van der Waals surface area contributed by atoms with Crippen LogP contribution in [0.5, 0.6) is 0 Å². The van der Waals surface area contributed by atoms with E-state index < -0.39 is 21.9 Å². The van der Waals surface area contributed by atoms with E-state index in [2.05, 4.69) is 5.16 Å². The molecular formula is C16H25N3O6S. The second kappa shape index (κ2) is 7.75. The highest BCUT2D eigenvalue weighted by atomic mass is 32.2. The molecule has 1 amide bonds. The van der Waals surface area contributed by atoms with Crippen LogP contribution in [0.25, 0.3) is 0 Å². The first-order chi connectivity index (χ1) is 12.1. The van der Waals surface area contributed by atoms with Gasteiger partial charge in [-0.2, -0.15) is 4.31 Å². The van der Waals surface area contributed by atoms with E-state index in [9.17, 15) is 18.0 Å². The summed E-state index contributed by atoms with van der Waals surface area (Å²) < 4.78 is 31.9. The minimum absolute atomic E-state index is 0.0923. The van der Waals surface area contributed by atoms with Crippen LogP contribution in [0.15, 0.2) is 9.42 Å². The Hall–Kier alpha value is -1.94. The van der Waals surface area contributed by atoms with Crippen LogP contribution in [0.1, 0.15) is 31.2 Å². The molecule has 1 unspecified atom stereocenters. The van der Waals surface area contributed by atoms with Gasteiger partial charge < -0.3 is 14.5 Å². The summed E-state index contributed by atoms with van der Waals surface area (Å²) in [7, 11) is -2.13. The first kappa shape index (κ1) is 20.4. The van der Waals surface area contributed by atoms with E-state index >= 15 is 0 Å². The average molecular weight is 387 g/mol. The number of hydrogen-bond donors (Lipinski definition) is 1. The molecule has 0 aromatic carbocycles. The summed E-state index contributed by atoms with van der Waals surface area (Å²) in [5.41, 5.74) is 0.322. The Balaban J connectivity index is 2.00. The number of nitrogens with zero attached hydrogens (tertiary/aromatic N) is 3. The predicted molar refractivity (Wildman–Crippen MR) is 91.9 cm³/mol. The normalized spacial score (nSPS) is 17.8. The van der Waals surface area contributed by atoms with E-state index in [0.29, 0.717) is 18.5 Å². The number of rotatable bonds is 6. The number of aromatic nitrogens is 1. The SMILES string of the molecule is Cc1noc(C)c1S(=O)(=O)N1CCC(C(=O)N(C)CC(C)C(=O)O)CC1. The zero-order valence-corrected chi connectivity index (χ0v) is 16.2. The fraction of sp³-hybridized carbons (Fsp3) is 0.688. The maximum absolute atomic E-state index is 12.8. The lowest BCUT2D eigenvalue weighted by atomic mass is 9.96. The zero-order chi connectivity index (χ0) is 19.6. The summed E-state index contributed by atoms with van der Waals surface area (Å²) >= 11 is 0. The van der Waals surface area contributed by atoms with Gasteiger partial charge in [-0.15, -0.1) is 0 Å². The lowest BCUT2D eigenvalue weighted by molar-refractivity contribution is -0.143. The standard InChI is InChI=1S/C16H25N3O6S/c1-10(16(21)22)9-18(4)15(20)13-5-7-19(8-6-13)26(23,24)14-11(2)17-25-12(14)3/h10,13H,5-9H2,1-4H3,(H,21,22). The number of carboxylic acids is 1. The molecule has 1 saturated heterocycles. The van der Waals surface area contributed by atoms with Crippen LogP contribution in [0.3, 0.4) is 0 Å². The lowest BCUT2D eigenvalue weighted by Crippen LogP contribution is -2.44. The third kappa shape index (κ3) is 4.07. The lowest BCUT2D eigenvalue weighted by Gasteiger charge is -2.32. The maximum atomic E-state index is 12.8. The molecule has 1 N–H and O–H groups in total. The first-order valence-corrected chi connectivity index (χ1v) is 9.90. The molecule has 1 aliphatic rings. The smallest absolute Gasteiger partial charge is 0.308 e. The van der Waals surface area contributed by atoms with E-state index in [1.807, 2.05) is 0 Å². The number of carbonyl (C=O) groups excluding carboxylic acids is 1. The molecule has 0 radical (unpaired) electrons. The maximum Gasteiger partial charge on any atom is 0.308 e. The van der Waals surface area contributed by atoms with Gasteiger partial charge in [0.2, 0.25) is 15.9 Å². The van der Waals surface area contributed by atoms with Gasteiger partial charge in [0, 0.05) is 32.6 Å². The predicted octanol–water partition coefficient (Wildman–Crippen LogP) is 0.871. The summed E-state index contributed by atoms with van der Waals surface area (Å²) in [5.74, 6) is -1.80. The number of amides is 1. The summed E-state index contributed by atoms with van der Waals surface area (Å²) in [5, 5.41) is 12.7. The minimum atomic E-state index is -3.71. The zero-order valence-electron chi connectivity index (χ0n) is 15.4. The van der Waals surface area contributed by atoms with Crippen molar-refractivity contribution >= 4 is 21.9 Å². The van der Waals surface area contributed by atoms with Crippen LogP contribution >= 0.6 is 0 Å². The van der Waals surface area contributed by atoms with Crippen molar-refractivity contribution in [2.24, 2.45) is 11.8 Å². The van der Waals surface area contributed by atoms with E-state index in [1.165, 1.54) is 9.21 Å². The van der Waals surface area contributed by atoms with Crippen LogP contribution < -0.4 is 0 Å². The quantitative estimate of drug-likeness (QED) is 0.769. The Morgan fingerprint density at radius 3 is 2.38 bits per heavy atom. The van der Waals surface area contributed by atoms with Gasteiger partial charge in [0.05, 0.1) is 5.92 Å². The Morgan fingerprint density at radius 2 is 1.92 bits per heavy atom. The second-order valence-corrected chi connectivity index (χ2v) is 8.66. The van der Waals surface area contributed by atoms with Gasteiger partial charge in [-0.05, 0) is 26.7 Å². The molecule has 9 nitrogen and oxygen atoms in total. The van der Waals surface area contributed by atoms with E-state index in [-0.39, 0.29) is 42.1 Å². The third-order valence-electron chi connectivity index (χ3n) is 4.71. The molecular weight excluding hydrogens is 362 g/mol. The average Bonchev–Trinajstić information content (AvgIpc) is 2.93. The summed E-state index contributed by atoms with van der Waals surface area (Å²) in [6.07, 6.45) is 0.792. The van der Waals surface area contributed by atoms with Crippen molar-refractivity contribution in [3.8, 4) is 0 Å². The van der Waals surface area contributed by atoms with Gasteiger partial charge in [0.15, 0.2) is 5.76 Å². The number of carbonyl (C=O) groups is 2. The molecule has 2 heterocycles. The molecule has 0 bridgehead atoms. The van der Waals surface area contributed by atoms with Crippen molar-refractivity contribution in [1.82, 2.24) is 14.4 Å². The van der Waals surface area contributed by atoms with Crippen molar-refractivity contribution < 1.29 is 27.6 Å². The third-order valence-corrected chi connectivity index (χ3v) is 6.86. The summed E-state index contributed by atoms with van der Waals surface area (Å²) in [6, 6.07) is 0. The molecule has 1 atom stereocenters. The van der Waals surface area contributed by atoms with Crippen LogP contribution in [0.4, 0.5) is 0 Å². The van der Waals surface area contributed by atoms with Gasteiger partial charge in [0.25, 0.3) is 0 Å². The Labute approximate surface area is 153 Å². The monoisotopic (exact) mass is 387 g/mol. The number of aliphatic carboxylic acids is 1. The largest absolute Gasteiger partial charge is 0.481 e. The molecule has 2 rings (SSSR count). The Morgan fingerprint density at radius 1 is 1.35 bits per heavy atom. The van der Waals surface area contributed by atoms with Gasteiger partial charge in [-0.1, -0.05) is 12.1 Å². The highest BCUT2D eigenvalue weighted by molar-refractivity contribution is 7.89. The molecule has 146 valence electrons. The molecule has 0 spiro atoms. The molecule has 1 aromatic heterocycles. The van der Waals surface area contributed by atoms with Crippen LogP contribution in [-0.2, 0) is 19.6 Å². The van der Waals surface area contributed by atoms with Crippen LogP contribution in [-0.4, -0.2) is 66.4 Å². The fourth-order valence-electron chi connectivity index (χ4n) is 3.21.